The zero-order chi connectivity index (χ0) is 20.7. The third-order valence-corrected chi connectivity index (χ3v) is 4.35. The molecule has 0 spiro atoms. The summed E-state index contributed by atoms with van der Waals surface area (Å²) in [6.07, 6.45) is -3.76. The van der Waals surface area contributed by atoms with Crippen LogP contribution in [0.15, 0.2) is 35.0 Å². The number of aliphatic hydroxyl groups is 2. The number of halogens is 3. The minimum absolute atomic E-state index is 0.0656. The topological polar surface area (TPSA) is 118 Å². The lowest BCUT2D eigenvalue weighted by Crippen LogP contribution is -2.45. The number of aromatic nitrogens is 3. The molecule has 1 atom stereocenters. The smallest absolute Gasteiger partial charge is 0.393 e. The molecular weight excluding hydrogens is 377 g/mol. The van der Waals surface area contributed by atoms with E-state index in [-0.39, 0.29) is 23.0 Å². The van der Waals surface area contributed by atoms with Crippen LogP contribution >= 0.6 is 0 Å². The van der Waals surface area contributed by atoms with Crippen molar-refractivity contribution in [2.24, 2.45) is 0 Å². The summed E-state index contributed by atoms with van der Waals surface area (Å²) in [5, 5.41) is 23.0. The Morgan fingerprint density at radius 2 is 1.89 bits per heavy atom. The molecule has 1 aromatic carbocycles. The largest absolute Gasteiger partial charge is 0.423 e. The van der Waals surface area contributed by atoms with E-state index >= 15 is 0 Å². The van der Waals surface area contributed by atoms with Gasteiger partial charge in [0.15, 0.2) is 17.3 Å². The molecule has 0 radical (unpaired) electrons. The number of nitrogen functional groups attached to an aromatic ring is 1. The quantitative estimate of drug-likeness (QED) is 0.623. The fourth-order valence-electron chi connectivity index (χ4n) is 2.68. The van der Waals surface area contributed by atoms with E-state index in [2.05, 4.69) is 15.1 Å². The molecule has 0 aliphatic heterocycles. The van der Waals surface area contributed by atoms with Crippen LogP contribution < -0.4 is 5.73 Å². The Balaban J connectivity index is 2.15. The summed E-state index contributed by atoms with van der Waals surface area (Å²) in [6.45, 7) is 1.86. The van der Waals surface area contributed by atoms with Gasteiger partial charge in [0.05, 0.1) is 24.2 Å². The Morgan fingerprint density at radius 1 is 1.18 bits per heavy atom. The van der Waals surface area contributed by atoms with Gasteiger partial charge in [0.1, 0.15) is 0 Å². The van der Waals surface area contributed by atoms with Crippen molar-refractivity contribution < 1.29 is 27.9 Å². The van der Waals surface area contributed by atoms with Crippen LogP contribution in [0.3, 0.4) is 0 Å². The second-order valence-electron chi connectivity index (χ2n) is 6.37. The Labute approximate surface area is 157 Å². The van der Waals surface area contributed by atoms with Crippen LogP contribution in [0.2, 0.25) is 0 Å². The molecule has 10 heteroatoms. The molecule has 2 aromatic heterocycles. The van der Waals surface area contributed by atoms with E-state index in [0.29, 0.717) is 16.8 Å². The van der Waals surface area contributed by atoms with Crippen LogP contribution in [0, 0.1) is 13.8 Å². The number of alkyl halides is 3. The van der Waals surface area contributed by atoms with Gasteiger partial charge in [-0.05, 0) is 31.0 Å². The summed E-state index contributed by atoms with van der Waals surface area (Å²) < 4.78 is 45.0. The summed E-state index contributed by atoms with van der Waals surface area (Å²) in [4.78, 5) is 8.39. The molecule has 0 aliphatic rings. The van der Waals surface area contributed by atoms with Crippen molar-refractivity contribution in [2.45, 2.75) is 25.6 Å². The molecule has 148 valence electrons. The van der Waals surface area contributed by atoms with Crippen LogP contribution in [0.1, 0.15) is 16.8 Å². The Kier molecular flexibility index (Phi) is 4.86. The highest BCUT2D eigenvalue weighted by Crippen LogP contribution is 2.40. The van der Waals surface area contributed by atoms with Crippen LogP contribution in [0.4, 0.5) is 19.0 Å². The first-order valence-corrected chi connectivity index (χ1v) is 8.14. The fourth-order valence-corrected chi connectivity index (χ4v) is 2.68. The average molecular weight is 394 g/mol. The van der Waals surface area contributed by atoms with Crippen molar-refractivity contribution in [2.75, 3.05) is 12.3 Å². The SMILES string of the molecule is Cc1cc(-c2nc(-c3cc([C@](O)(CO)C(F)(F)F)ccc3C)cnc2N)on1. The molecule has 3 rings (SSSR count). The maximum Gasteiger partial charge on any atom is 0.423 e. The number of aliphatic hydroxyl groups excluding tert-OH is 1. The zero-order valence-corrected chi connectivity index (χ0v) is 14.9. The van der Waals surface area contributed by atoms with E-state index in [4.69, 9.17) is 10.3 Å². The van der Waals surface area contributed by atoms with Gasteiger partial charge in [0, 0.05) is 11.6 Å². The molecule has 4 N–H and O–H groups in total. The fraction of sp³-hybridized carbons (Fsp3) is 0.278. The lowest BCUT2D eigenvalue weighted by atomic mass is 9.90. The number of hydrogen-bond acceptors (Lipinski definition) is 7. The van der Waals surface area contributed by atoms with Crippen LogP contribution in [0.25, 0.3) is 22.7 Å². The molecular formula is C18H17F3N4O3. The molecule has 28 heavy (non-hydrogen) atoms. The lowest BCUT2D eigenvalue weighted by molar-refractivity contribution is -0.277. The summed E-state index contributed by atoms with van der Waals surface area (Å²) in [6, 6.07) is 5.22. The van der Waals surface area contributed by atoms with E-state index in [1.165, 1.54) is 12.3 Å². The van der Waals surface area contributed by atoms with Gasteiger partial charge in [-0.15, -0.1) is 0 Å². The Morgan fingerprint density at radius 3 is 2.46 bits per heavy atom. The van der Waals surface area contributed by atoms with Crippen molar-refractivity contribution in [3.8, 4) is 22.7 Å². The molecule has 2 heterocycles. The van der Waals surface area contributed by atoms with Gasteiger partial charge in [-0.1, -0.05) is 17.3 Å². The first kappa shape index (κ1) is 19.8. The molecule has 0 unspecified atom stereocenters. The third-order valence-electron chi connectivity index (χ3n) is 4.35. The second kappa shape index (κ2) is 6.88. The Bertz CT molecular complexity index is 1020. The monoisotopic (exact) mass is 394 g/mol. The van der Waals surface area contributed by atoms with Gasteiger partial charge < -0.3 is 20.5 Å². The van der Waals surface area contributed by atoms with Gasteiger partial charge in [-0.3, -0.25) is 0 Å². The number of nitrogens with zero attached hydrogens (tertiary/aromatic N) is 3. The van der Waals surface area contributed by atoms with Crippen molar-refractivity contribution >= 4 is 5.82 Å². The maximum absolute atomic E-state index is 13.3. The number of nitrogens with two attached hydrogens (primary N) is 1. The highest BCUT2D eigenvalue weighted by molar-refractivity contribution is 5.71. The summed E-state index contributed by atoms with van der Waals surface area (Å²) in [5.41, 5.74) is 3.81. The molecule has 0 saturated carbocycles. The molecule has 0 bridgehead atoms. The predicted octanol–water partition coefficient (Wildman–Crippen LogP) is 2.74. The van der Waals surface area contributed by atoms with Gasteiger partial charge in [0.25, 0.3) is 0 Å². The van der Waals surface area contributed by atoms with E-state index in [1.54, 1.807) is 19.9 Å². The first-order chi connectivity index (χ1) is 13.1. The standard InChI is InChI=1S/C18H17F3N4O3/c1-9-3-4-11(17(27,8-26)18(19,20)21)6-12(9)13-7-23-16(22)15(24-13)14-5-10(2)25-28-14/h3-7,26-27H,8H2,1-2H3,(H2,22,23)/t17-/m1/s1. The summed E-state index contributed by atoms with van der Waals surface area (Å²) in [5.74, 6) is 0.330. The van der Waals surface area contributed by atoms with Crippen molar-refractivity contribution in [1.82, 2.24) is 15.1 Å². The molecule has 0 amide bonds. The average Bonchev–Trinajstić information content (AvgIpc) is 3.07. The van der Waals surface area contributed by atoms with Gasteiger partial charge in [-0.2, -0.15) is 13.2 Å². The van der Waals surface area contributed by atoms with Crippen LogP contribution in [-0.4, -0.2) is 38.1 Å². The third kappa shape index (κ3) is 3.32. The van der Waals surface area contributed by atoms with Crippen LogP contribution in [-0.2, 0) is 5.60 Å². The highest BCUT2D eigenvalue weighted by atomic mass is 19.4. The predicted molar refractivity (Wildman–Crippen MR) is 93.9 cm³/mol. The Hall–Kier alpha value is -2.98. The second-order valence-corrected chi connectivity index (χ2v) is 6.37. The molecule has 7 nitrogen and oxygen atoms in total. The number of aryl methyl sites for hydroxylation is 2. The molecule has 3 aromatic rings. The number of anilines is 1. The van der Waals surface area contributed by atoms with Gasteiger partial charge >= 0.3 is 6.18 Å². The minimum atomic E-state index is -5.07. The summed E-state index contributed by atoms with van der Waals surface area (Å²) in [7, 11) is 0. The van der Waals surface area contributed by atoms with E-state index in [0.717, 1.165) is 12.1 Å². The van der Waals surface area contributed by atoms with E-state index in [9.17, 15) is 23.4 Å². The minimum Gasteiger partial charge on any atom is -0.393 e. The highest BCUT2D eigenvalue weighted by Gasteiger charge is 2.54. The maximum atomic E-state index is 13.3. The lowest BCUT2D eigenvalue weighted by Gasteiger charge is -2.29. The first-order valence-electron chi connectivity index (χ1n) is 8.14. The van der Waals surface area contributed by atoms with Gasteiger partial charge in [-0.25, -0.2) is 9.97 Å². The van der Waals surface area contributed by atoms with Crippen LogP contribution in [0.5, 0.6) is 0 Å². The van der Waals surface area contributed by atoms with E-state index in [1.807, 2.05) is 0 Å². The van der Waals surface area contributed by atoms with Crippen molar-refractivity contribution in [3.05, 3.63) is 47.3 Å². The number of hydrogen-bond donors (Lipinski definition) is 3. The summed E-state index contributed by atoms with van der Waals surface area (Å²) >= 11 is 0. The molecule has 0 fully saturated rings. The van der Waals surface area contributed by atoms with Crippen molar-refractivity contribution in [3.63, 3.8) is 0 Å². The molecule has 0 saturated heterocycles. The van der Waals surface area contributed by atoms with E-state index < -0.39 is 23.9 Å². The van der Waals surface area contributed by atoms with Gasteiger partial charge in [0.2, 0.25) is 5.60 Å². The number of benzene rings is 1. The normalized spacial score (nSPS) is 14.1. The number of rotatable bonds is 4. The molecule has 0 aliphatic carbocycles. The zero-order valence-electron chi connectivity index (χ0n) is 14.9. The van der Waals surface area contributed by atoms with Crippen molar-refractivity contribution in [1.29, 1.82) is 0 Å².